The van der Waals surface area contributed by atoms with Gasteiger partial charge >= 0.3 is 0 Å². The molecule has 0 spiro atoms. The van der Waals surface area contributed by atoms with Gasteiger partial charge in [0.05, 0.1) is 0 Å². The predicted molar refractivity (Wildman–Crippen MR) is 91.8 cm³/mol. The van der Waals surface area contributed by atoms with E-state index in [-0.39, 0.29) is 24.2 Å². The van der Waals surface area contributed by atoms with Crippen molar-refractivity contribution < 1.29 is 4.79 Å². The van der Waals surface area contributed by atoms with Gasteiger partial charge in [-0.1, -0.05) is 6.07 Å². The number of hydrogen-bond donors (Lipinski definition) is 1. The highest BCUT2D eigenvalue weighted by molar-refractivity contribution is 5.93. The van der Waals surface area contributed by atoms with E-state index in [1.165, 1.54) is 0 Å². The molecule has 0 aromatic carbocycles. The lowest BCUT2D eigenvalue weighted by atomic mass is 10.0. The van der Waals surface area contributed by atoms with Crippen molar-refractivity contribution in [1.29, 1.82) is 0 Å². The molecule has 0 atom stereocenters. The normalized spacial score (nSPS) is 19.4. The van der Waals surface area contributed by atoms with Gasteiger partial charge in [-0.15, -0.1) is 12.4 Å². The summed E-state index contributed by atoms with van der Waals surface area (Å²) in [6, 6.07) is 6.39. The number of piperidine rings is 1. The largest absolute Gasteiger partial charge is 0.357 e. The van der Waals surface area contributed by atoms with Gasteiger partial charge in [0, 0.05) is 19.0 Å². The molecule has 0 bridgehead atoms. The van der Waals surface area contributed by atoms with Crippen LogP contribution in [0, 0.1) is 5.92 Å². The first-order valence-corrected chi connectivity index (χ1v) is 7.83. The molecule has 5 nitrogen and oxygen atoms in total. The van der Waals surface area contributed by atoms with E-state index in [2.05, 4.69) is 34.2 Å². The molecule has 1 aromatic rings. The molecule has 3 rings (SSSR count). The van der Waals surface area contributed by atoms with Crippen LogP contribution in [0.1, 0.15) is 25.7 Å². The predicted octanol–water partition coefficient (Wildman–Crippen LogP) is 2.38. The Morgan fingerprint density at radius 1 is 1.27 bits per heavy atom. The van der Waals surface area contributed by atoms with Crippen molar-refractivity contribution in [2.24, 2.45) is 5.92 Å². The van der Waals surface area contributed by atoms with Gasteiger partial charge in [0.15, 0.2) is 0 Å². The van der Waals surface area contributed by atoms with E-state index in [4.69, 9.17) is 0 Å². The Bertz CT molecular complexity index is 513. The van der Waals surface area contributed by atoms with Crippen molar-refractivity contribution in [3.63, 3.8) is 0 Å². The Balaban J connectivity index is 0.00000176. The summed E-state index contributed by atoms with van der Waals surface area (Å²) in [6.07, 6.45) is 4.35. The molecule has 0 unspecified atom stereocenters. The fraction of sp³-hybridized carbons (Fsp3) is 0.625. The van der Waals surface area contributed by atoms with Crippen molar-refractivity contribution >= 4 is 29.9 Å². The number of pyridine rings is 1. The Kier molecular flexibility index (Phi) is 5.64. The average molecular weight is 325 g/mol. The lowest BCUT2D eigenvalue weighted by Crippen LogP contribution is -2.42. The summed E-state index contributed by atoms with van der Waals surface area (Å²) in [6.45, 7) is 2.26. The molecular formula is C16H25ClN4O. The molecule has 1 saturated carbocycles. The maximum Gasteiger partial charge on any atom is 0.228 e. The molecule has 22 heavy (non-hydrogen) atoms. The van der Waals surface area contributed by atoms with Gasteiger partial charge in [-0.2, -0.15) is 0 Å². The standard InChI is InChI=1S/C16H24N4O.ClH/c1-19-10-8-13(9-11-19)20(2)15-5-3-4-14(17-15)18-16(21)12-6-7-12;/h3-5,12-13H,6-11H2,1-2H3,(H,17,18,21);1H. The summed E-state index contributed by atoms with van der Waals surface area (Å²) >= 11 is 0. The second-order valence-corrected chi connectivity index (χ2v) is 6.29. The molecule has 2 fully saturated rings. The number of halogens is 1. The topological polar surface area (TPSA) is 48.5 Å². The first kappa shape index (κ1) is 17.0. The van der Waals surface area contributed by atoms with Gasteiger partial charge in [-0.05, 0) is 58.0 Å². The van der Waals surface area contributed by atoms with E-state index in [9.17, 15) is 4.79 Å². The van der Waals surface area contributed by atoms with Crippen LogP contribution in [0.4, 0.5) is 11.6 Å². The molecule has 1 N–H and O–H groups in total. The fourth-order valence-electron chi connectivity index (χ4n) is 2.83. The van der Waals surface area contributed by atoms with Crippen LogP contribution >= 0.6 is 12.4 Å². The monoisotopic (exact) mass is 324 g/mol. The average Bonchev–Trinajstić information content (AvgIpc) is 3.32. The molecule has 1 saturated heterocycles. The summed E-state index contributed by atoms with van der Waals surface area (Å²) < 4.78 is 0. The first-order valence-electron chi connectivity index (χ1n) is 7.83. The Morgan fingerprint density at radius 3 is 2.59 bits per heavy atom. The molecule has 1 aromatic heterocycles. The number of nitrogens with zero attached hydrogens (tertiary/aromatic N) is 3. The van der Waals surface area contributed by atoms with Crippen LogP contribution in [0.3, 0.4) is 0 Å². The molecule has 0 radical (unpaired) electrons. The molecule has 2 heterocycles. The number of anilines is 2. The number of nitrogens with one attached hydrogen (secondary N) is 1. The van der Waals surface area contributed by atoms with Gasteiger partial charge in [-0.25, -0.2) is 4.98 Å². The number of likely N-dealkylation sites (tertiary alicyclic amines) is 1. The minimum Gasteiger partial charge on any atom is -0.357 e. The third-order valence-electron chi connectivity index (χ3n) is 4.53. The zero-order chi connectivity index (χ0) is 14.8. The molecule has 6 heteroatoms. The second-order valence-electron chi connectivity index (χ2n) is 6.29. The van der Waals surface area contributed by atoms with E-state index in [1.807, 2.05) is 18.2 Å². The third-order valence-corrected chi connectivity index (χ3v) is 4.53. The van der Waals surface area contributed by atoms with Crippen molar-refractivity contribution in [2.45, 2.75) is 31.7 Å². The van der Waals surface area contributed by atoms with Crippen molar-refractivity contribution in [2.75, 3.05) is 37.4 Å². The zero-order valence-electron chi connectivity index (χ0n) is 13.3. The quantitative estimate of drug-likeness (QED) is 0.924. The number of amides is 1. The molecule has 122 valence electrons. The van der Waals surface area contributed by atoms with Gasteiger partial charge in [0.2, 0.25) is 5.91 Å². The summed E-state index contributed by atoms with van der Waals surface area (Å²) in [4.78, 5) is 21.0. The van der Waals surface area contributed by atoms with Crippen LogP contribution in [-0.4, -0.2) is 49.0 Å². The van der Waals surface area contributed by atoms with Crippen LogP contribution in [0.25, 0.3) is 0 Å². The molecule has 2 aliphatic rings. The van der Waals surface area contributed by atoms with E-state index >= 15 is 0 Å². The van der Waals surface area contributed by atoms with Crippen LogP contribution < -0.4 is 10.2 Å². The lowest BCUT2D eigenvalue weighted by Gasteiger charge is -2.35. The highest BCUT2D eigenvalue weighted by Gasteiger charge is 2.30. The van der Waals surface area contributed by atoms with Gasteiger partial charge in [0.25, 0.3) is 0 Å². The Hall–Kier alpha value is -1.33. The number of aromatic nitrogens is 1. The maximum absolute atomic E-state index is 11.8. The van der Waals surface area contributed by atoms with Crippen LogP contribution in [0.2, 0.25) is 0 Å². The minimum atomic E-state index is 0. The molecule has 1 amide bonds. The summed E-state index contributed by atoms with van der Waals surface area (Å²) in [7, 11) is 4.27. The highest BCUT2D eigenvalue weighted by atomic mass is 35.5. The third kappa shape index (κ3) is 4.11. The molecule has 1 aliphatic carbocycles. The number of carbonyl (C=O) groups excluding carboxylic acids is 1. The van der Waals surface area contributed by atoms with E-state index in [0.29, 0.717) is 11.9 Å². The molecular weight excluding hydrogens is 300 g/mol. The van der Waals surface area contributed by atoms with Crippen LogP contribution in [0.5, 0.6) is 0 Å². The van der Waals surface area contributed by atoms with Crippen molar-refractivity contribution in [3.05, 3.63) is 18.2 Å². The van der Waals surface area contributed by atoms with E-state index in [1.54, 1.807) is 0 Å². The SMILES string of the molecule is CN1CCC(N(C)c2cccc(NC(=O)C3CC3)n2)CC1.Cl. The van der Waals surface area contributed by atoms with Gasteiger partial charge in [0.1, 0.15) is 11.6 Å². The maximum atomic E-state index is 11.8. The molecule has 1 aliphatic heterocycles. The van der Waals surface area contributed by atoms with Gasteiger partial charge < -0.3 is 15.1 Å². The number of carbonyl (C=O) groups is 1. The highest BCUT2D eigenvalue weighted by Crippen LogP contribution is 2.30. The van der Waals surface area contributed by atoms with E-state index < -0.39 is 0 Å². The Morgan fingerprint density at radius 2 is 1.95 bits per heavy atom. The number of hydrogen-bond acceptors (Lipinski definition) is 4. The van der Waals surface area contributed by atoms with E-state index in [0.717, 1.165) is 44.6 Å². The summed E-state index contributed by atoms with van der Waals surface area (Å²) in [5.41, 5.74) is 0. The van der Waals surface area contributed by atoms with Gasteiger partial charge in [-0.3, -0.25) is 4.79 Å². The number of rotatable bonds is 4. The fourth-order valence-corrected chi connectivity index (χ4v) is 2.83. The zero-order valence-corrected chi connectivity index (χ0v) is 14.1. The lowest BCUT2D eigenvalue weighted by molar-refractivity contribution is -0.117. The Labute approximate surface area is 138 Å². The van der Waals surface area contributed by atoms with Crippen LogP contribution in [-0.2, 0) is 4.79 Å². The summed E-state index contributed by atoms with van der Waals surface area (Å²) in [5.74, 6) is 1.94. The second kappa shape index (κ2) is 7.29. The minimum absolute atomic E-state index is 0. The first-order chi connectivity index (χ1) is 10.1. The van der Waals surface area contributed by atoms with Crippen molar-refractivity contribution in [1.82, 2.24) is 9.88 Å². The summed E-state index contributed by atoms with van der Waals surface area (Å²) in [5, 5.41) is 2.92. The smallest absolute Gasteiger partial charge is 0.228 e. The van der Waals surface area contributed by atoms with Crippen LogP contribution in [0.15, 0.2) is 18.2 Å². The van der Waals surface area contributed by atoms with Crippen molar-refractivity contribution in [3.8, 4) is 0 Å².